The highest BCUT2D eigenvalue weighted by molar-refractivity contribution is 7.80. The van der Waals surface area contributed by atoms with Crippen LogP contribution in [0.1, 0.15) is 40.0 Å². The van der Waals surface area contributed by atoms with Gasteiger partial charge in [-0.3, -0.25) is 9.69 Å². The minimum absolute atomic E-state index is 0.0328. The molecule has 1 atom stereocenters. The summed E-state index contributed by atoms with van der Waals surface area (Å²) in [6.07, 6.45) is 3.26. The van der Waals surface area contributed by atoms with Crippen LogP contribution in [0.4, 0.5) is 0 Å². The molecule has 1 amide bonds. The monoisotopic (exact) mass is 226 g/mol. The average molecular weight is 226 g/mol. The van der Waals surface area contributed by atoms with E-state index in [4.69, 9.17) is 12.2 Å². The molecular formula is C11H18N2OS. The van der Waals surface area contributed by atoms with Crippen LogP contribution in [-0.4, -0.2) is 38.9 Å². The molecule has 3 nitrogen and oxygen atoms in total. The molecule has 2 aliphatic rings. The molecule has 2 saturated heterocycles. The zero-order valence-electron chi connectivity index (χ0n) is 9.62. The third-order valence-corrected chi connectivity index (χ3v) is 3.53. The van der Waals surface area contributed by atoms with Gasteiger partial charge < -0.3 is 4.90 Å². The summed E-state index contributed by atoms with van der Waals surface area (Å²) in [6, 6.07) is 0.0328. The smallest absolute Gasteiger partial charge is 0.252 e. The van der Waals surface area contributed by atoms with Crippen molar-refractivity contribution in [1.82, 2.24) is 9.80 Å². The highest BCUT2D eigenvalue weighted by Gasteiger charge is 2.47. The standard InChI is InChI=1S/C11H18N2OS/c1-11(2,3)13-9(14)8-6-4-5-7-12(8)10(13)15/h8H,4-7H2,1-3H3. The molecule has 0 spiro atoms. The van der Waals surface area contributed by atoms with Crippen LogP contribution in [-0.2, 0) is 4.79 Å². The van der Waals surface area contributed by atoms with E-state index in [0.29, 0.717) is 0 Å². The minimum Gasteiger partial charge on any atom is -0.337 e. The first kappa shape index (κ1) is 10.9. The second kappa shape index (κ2) is 3.44. The van der Waals surface area contributed by atoms with Gasteiger partial charge in [-0.25, -0.2) is 0 Å². The van der Waals surface area contributed by atoms with E-state index in [0.717, 1.165) is 30.9 Å². The van der Waals surface area contributed by atoms with Crippen molar-refractivity contribution in [3.05, 3.63) is 0 Å². The van der Waals surface area contributed by atoms with Gasteiger partial charge in [-0.1, -0.05) is 0 Å². The molecule has 0 aromatic heterocycles. The molecule has 0 aromatic carbocycles. The summed E-state index contributed by atoms with van der Waals surface area (Å²) in [5.74, 6) is 0.201. The highest BCUT2D eigenvalue weighted by atomic mass is 32.1. The van der Waals surface area contributed by atoms with Gasteiger partial charge in [-0.05, 0) is 52.3 Å². The summed E-state index contributed by atoms with van der Waals surface area (Å²) < 4.78 is 0. The van der Waals surface area contributed by atoms with Gasteiger partial charge in [0.1, 0.15) is 6.04 Å². The van der Waals surface area contributed by atoms with Crippen LogP contribution >= 0.6 is 12.2 Å². The number of amides is 1. The topological polar surface area (TPSA) is 23.6 Å². The van der Waals surface area contributed by atoms with Crippen LogP contribution in [0, 0.1) is 0 Å². The lowest BCUT2D eigenvalue weighted by Gasteiger charge is -2.32. The number of carbonyl (C=O) groups excluding carboxylic acids is 1. The van der Waals surface area contributed by atoms with Gasteiger partial charge in [0.15, 0.2) is 5.11 Å². The van der Waals surface area contributed by atoms with Crippen molar-refractivity contribution in [3.8, 4) is 0 Å². The van der Waals surface area contributed by atoms with E-state index in [1.54, 1.807) is 4.90 Å². The van der Waals surface area contributed by atoms with Crippen molar-refractivity contribution in [2.45, 2.75) is 51.6 Å². The first-order valence-electron chi connectivity index (χ1n) is 5.57. The van der Waals surface area contributed by atoms with Gasteiger partial charge in [-0.15, -0.1) is 0 Å². The summed E-state index contributed by atoms with van der Waals surface area (Å²) in [6.45, 7) is 7.06. The molecule has 2 rings (SSSR count). The van der Waals surface area contributed by atoms with Crippen molar-refractivity contribution in [2.24, 2.45) is 0 Å². The Morgan fingerprint density at radius 1 is 1.33 bits per heavy atom. The van der Waals surface area contributed by atoms with Gasteiger partial charge in [-0.2, -0.15) is 0 Å². The maximum absolute atomic E-state index is 12.2. The third kappa shape index (κ3) is 1.65. The van der Waals surface area contributed by atoms with Gasteiger partial charge in [0.2, 0.25) is 0 Å². The van der Waals surface area contributed by atoms with E-state index in [2.05, 4.69) is 4.90 Å². The summed E-state index contributed by atoms with van der Waals surface area (Å²) in [7, 11) is 0. The minimum atomic E-state index is -0.189. The van der Waals surface area contributed by atoms with Crippen molar-refractivity contribution < 1.29 is 4.79 Å². The number of hydrogen-bond donors (Lipinski definition) is 0. The largest absolute Gasteiger partial charge is 0.337 e. The number of piperidine rings is 1. The van der Waals surface area contributed by atoms with Crippen molar-refractivity contribution in [2.75, 3.05) is 6.54 Å². The molecule has 0 aromatic rings. The summed E-state index contributed by atoms with van der Waals surface area (Å²) in [5, 5.41) is 0.734. The predicted molar refractivity (Wildman–Crippen MR) is 63.5 cm³/mol. The normalized spacial score (nSPS) is 27.3. The number of fused-ring (bicyclic) bond motifs is 1. The number of nitrogens with zero attached hydrogens (tertiary/aromatic N) is 2. The molecular weight excluding hydrogens is 208 g/mol. The maximum atomic E-state index is 12.2. The number of thiocarbonyl (C=S) groups is 1. The Kier molecular flexibility index (Phi) is 2.49. The van der Waals surface area contributed by atoms with Crippen LogP contribution in [0.15, 0.2) is 0 Å². The maximum Gasteiger partial charge on any atom is 0.252 e. The fraction of sp³-hybridized carbons (Fsp3) is 0.818. The number of carbonyl (C=O) groups is 1. The van der Waals surface area contributed by atoms with Gasteiger partial charge in [0.05, 0.1) is 0 Å². The van der Waals surface area contributed by atoms with Crippen molar-refractivity contribution >= 4 is 23.2 Å². The van der Waals surface area contributed by atoms with E-state index in [1.807, 2.05) is 20.8 Å². The lowest BCUT2D eigenvalue weighted by Crippen LogP contribution is -2.46. The summed E-state index contributed by atoms with van der Waals surface area (Å²) in [4.78, 5) is 16.1. The van der Waals surface area contributed by atoms with E-state index < -0.39 is 0 Å². The second-order valence-corrected chi connectivity index (χ2v) is 5.70. The fourth-order valence-electron chi connectivity index (χ4n) is 2.41. The Hall–Kier alpha value is -0.640. The molecule has 0 N–H and O–H groups in total. The van der Waals surface area contributed by atoms with E-state index in [9.17, 15) is 4.79 Å². The molecule has 1 unspecified atom stereocenters. The molecule has 0 radical (unpaired) electrons. The van der Waals surface area contributed by atoms with Crippen LogP contribution in [0.5, 0.6) is 0 Å². The molecule has 2 fully saturated rings. The molecule has 4 heteroatoms. The fourth-order valence-corrected chi connectivity index (χ4v) is 2.99. The van der Waals surface area contributed by atoms with Crippen molar-refractivity contribution in [3.63, 3.8) is 0 Å². The molecule has 0 bridgehead atoms. The van der Waals surface area contributed by atoms with E-state index >= 15 is 0 Å². The van der Waals surface area contributed by atoms with Crippen molar-refractivity contribution in [1.29, 1.82) is 0 Å². The SMILES string of the molecule is CC(C)(C)N1C(=O)C2CCCCN2C1=S. The molecule has 0 saturated carbocycles. The summed E-state index contributed by atoms with van der Waals surface area (Å²) >= 11 is 5.39. The predicted octanol–water partition coefficient (Wildman–Crippen LogP) is 1.77. The highest BCUT2D eigenvalue weighted by Crippen LogP contribution is 2.31. The third-order valence-electron chi connectivity index (χ3n) is 3.12. The van der Waals surface area contributed by atoms with Crippen LogP contribution in [0.25, 0.3) is 0 Å². The first-order chi connectivity index (χ1) is 6.93. The molecule has 2 heterocycles. The Morgan fingerprint density at radius 2 is 2.00 bits per heavy atom. The number of hydrogen-bond acceptors (Lipinski definition) is 2. The Balaban J connectivity index is 2.29. The van der Waals surface area contributed by atoms with Crippen LogP contribution in [0.3, 0.4) is 0 Å². The molecule has 2 aliphatic heterocycles. The Labute approximate surface area is 96.4 Å². The zero-order chi connectivity index (χ0) is 11.2. The number of rotatable bonds is 0. The molecule has 15 heavy (non-hydrogen) atoms. The molecule has 0 aliphatic carbocycles. The Morgan fingerprint density at radius 3 is 2.53 bits per heavy atom. The zero-order valence-corrected chi connectivity index (χ0v) is 10.4. The van der Waals surface area contributed by atoms with Gasteiger partial charge >= 0.3 is 0 Å². The lowest BCUT2D eigenvalue weighted by molar-refractivity contribution is -0.131. The van der Waals surface area contributed by atoms with E-state index in [1.165, 1.54) is 0 Å². The Bertz CT molecular complexity index is 284. The van der Waals surface area contributed by atoms with Gasteiger partial charge in [0, 0.05) is 12.1 Å². The molecule has 84 valence electrons. The van der Waals surface area contributed by atoms with Crippen LogP contribution in [0.2, 0.25) is 0 Å². The quantitative estimate of drug-likeness (QED) is 0.588. The average Bonchev–Trinajstić information content (AvgIpc) is 2.39. The first-order valence-corrected chi connectivity index (χ1v) is 5.98. The van der Waals surface area contributed by atoms with Gasteiger partial charge in [0.25, 0.3) is 5.91 Å². The summed E-state index contributed by atoms with van der Waals surface area (Å²) in [5.41, 5.74) is -0.189. The lowest BCUT2D eigenvalue weighted by atomic mass is 10.0. The van der Waals surface area contributed by atoms with E-state index in [-0.39, 0.29) is 17.5 Å². The second-order valence-electron chi connectivity index (χ2n) is 5.33. The van der Waals surface area contributed by atoms with Crippen LogP contribution < -0.4 is 0 Å².